The van der Waals surface area contributed by atoms with E-state index in [1.807, 2.05) is 27.7 Å². The summed E-state index contributed by atoms with van der Waals surface area (Å²) in [5.41, 5.74) is 0.268. The number of hydrogen-bond donors (Lipinski definition) is 1. The van der Waals surface area contributed by atoms with Gasteiger partial charge in [0.15, 0.2) is 0 Å². The Kier molecular flexibility index (Phi) is 7.79. The van der Waals surface area contributed by atoms with E-state index in [4.69, 9.17) is 9.47 Å². The average molecular weight is 427 g/mol. The number of carbonyl (C=O) groups is 2. The molecule has 1 amide bonds. The molecule has 0 aliphatic carbocycles. The number of methoxy groups -OCH3 is 1. The maximum absolute atomic E-state index is 12.9. The van der Waals surface area contributed by atoms with Crippen LogP contribution in [0.4, 0.5) is 0 Å². The second-order valence-corrected chi connectivity index (χ2v) is 9.40. The van der Waals surface area contributed by atoms with Gasteiger partial charge in [-0.1, -0.05) is 20.3 Å². The number of morpholine rings is 1. The summed E-state index contributed by atoms with van der Waals surface area (Å²) in [5.74, 6) is -1.07. The summed E-state index contributed by atoms with van der Waals surface area (Å²) in [7, 11) is -2.41. The second kappa shape index (κ2) is 9.69. The molecule has 1 fully saturated rings. The molecule has 9 heteroatoms. The highest BCUT2D eigenvalue weighted by Gasteiger charge is 2.32. The van der Waals surface area contributed by atoms with Crippen LogP contribution in [0.1, 0.15) is 44.5 Å². The van der Waals surface area contributed by atoms with Crippen molar-refractivity contribution in [1.29, 1.82) is 0 Å². The molecule has 29 heavy (non-hydrogen) atoms. The number of carbonyl (C=O) groups excluding carboxylic acids is 2. The third-order valence-corrected chi connectivity index (χ3v) is 6.94. The summed E-state index contributed by atoms with van der Waals surface area (Å²) in [6.45, 7) is 8.00. The van der Waals surface area contributed by atoms with Gasteiger partial charge in [-0.15, -0.1) is 0 Å². The summed E-state index contributed by atoms with van der Waals surface area (Å²) < 4.78 is 37.6. The van der Waals surface area contributed by atoms with Crippen molar-refractivity contribution in [1.82, 2.24) is 9.62 Å². The van der Waals surface area contributed by atoms with Gasteiger partial charge < -0.3 is 14.8 Å². The first-order valence-electron chi connectivity index (χ1n) is 9.74. The highest BCUT2D eigenvalue weighted by Crippen LogP contribution is 2.21. The van der Waals surface area contributed by atoms with Gasteiger partial charge in [-0.05, 0) is 44.0 Å². The minimum atomic E-state index is -3.68. The van der Waals surface area contributed by atoms with Crippen molar-refractivity contribution in [2.45, 2.75) is 57.3 Å². The van der Waals surface area contributed by atoms with Crippen LogP contribution in [0.5, 0.6) is 0 Å². The molecule has 1 aromatic carbocycles. The predicted molar refractivity (Wildman–Crippen MR) is 108 cm³/mol. The molecule has 8 nitrogen and oxygen atoms in total. The molecule has 1 aliphatic rings. The van der Waals surface area contributed by atoms with E-state index in [0.717, 1.165) is 0 Å². The van der Waals surface area contributed by atoms with Gasteiger partial charge in [0.1, 0.15) is 6.04 Å². The van der Waals surface area contributed by atoms with Crippen LogP contribution in [0.15, 0.2) is 29.2 Å². The normalized spacial score (nSPS) is 22.5. The molecule has 0 aromatic heterocycles. The highest BCUT2D eigenvalue weighted by molar-refractivity contribution is 7.89. The van der Waals surface area contributed by atoms with Crippen LogP contribution in [-0.4, -0.2) is 63.0 Å². The third kappa shape index (κ3) is 5.55. The molecule has 1 saturated heterocycles. The largest absolute Gasteiger partial charge is 0.467 e. The van der Waals surface area contributed by atoms with Crippen LogP contribution in [0.3, 0.4) is 0 Å². The van der Waals surface area contributed by atoms with Crippen molar-refractivity contribution < 1.29 is 27.5 Å². The molecular weight excluding hydrogens is 396 g/mol. The smallest absolute Gasteiger partial charge is 0.328 e. The zero-order chi connectivity index (χ0) is 21.8. The number of ether oxygens (including phenoxy) is 2. The molecular formula is C20H30N2O6S. The number of esters is 1. The first-order chi connectivity index (χ1) is 13.6. The first kappa shape index (κ1) is 23.3. The van der Waals surface area contributed by atoms with Crippen molar-refractivity contribution in [3.63, 3.8) is 0 Å². The third-order valence-electron chi connectivity index (χ3n) is 5.10. The lowest BCUT2D eigenvalue weighted by Gasteiger charge is -2.34. The molecule has 162 valence electrons. The Morgan fingerprint density at radius 1 is 1.21 bits per heavy atom. The molecule has 4 atom stereocenters. The number of rotatable bonds is 7. The summed E-state index contributed by atoms with van der Waals surface area (Å²) in [4.78, 5) is 24.6. The first-order valence-corrected chi connectivity index (χ1v) is 11.2. The van der Waals surface area contributed by atoms with E-state index in [9.17, 15) is 18.0 Å². The van der Waals surface area contributed by atoms with Crippen molar-refractivity contribution in [2.75, 3.05) is 20.2 Å². The average Bonchev–Trinajstić information content (AvgIpc) is 2.70. The van der Waals surface area contributed by atoms with Gasteiger partial charge in [-0.2, -0.15) is 4.31 Å². The maximum Gasteiger partial charge on any atom is 0.328 e. The Morgan fingerprint density at radius 3 is 2.24 bits per heavy atom. The number of hydrogen-bond acceptors (Lipinski definition) is 6. The Balaban J connectivity index is 2.16. The molecule has 0 radical (unpaired) electrons. The van der Waals surface area contributed by atoms with E-state index in [0.29, 0.717) is 6.42 Å². The van der Waals surface area contributed by atoms with E-state index >= 15 is 0 Å². The topological polar surface area (TPSA) is 102 Å². The Bertz CT molecular complexity index is 814. The Morgan fingerprint density at radius 2 is 1.76 bits per heavy atom. The standard InChI is InChI=1S/C20H30N2O6S/c1-6-13(2)18(20(24)27-5)21-19(23)16-7-9-17(10-8-16)29(25,26)22-11-14(3)28-15(4)12-22/h7-10,13-15,18H,6,11-12H2,1-5H3,(H,21,23). The van der Waals surface area contributed by atoms with Gasteiger partial charge in [-0.25, -0.2) is 13.2 Å². The van der Waals surface area contributed by atoms with Crippen LogP contribution in [-0.2, 0) is 24.3 Å². The Labute approximate surface area is 172 Å². The van der Waals surface area contributed by atoms with Crippen molar-refractivity contribution in [3.05, 3.63) is 29.8 Å². The fourth-order valence-corrected chi connectivity index (χ4v) is 4.87. The maximum atomic E-state index is 12.9. The van der Waals surface area contributed by atoms with Gasteiger partial charge in [-0.3, -0.25) is 4.79 Å². The van der Waals surface area contributed by atoms with E-state index in [1.54, 1.807) is 0 Å². The zero-order valence-corrected chi connectivity index (χ0v) is 18.4. The lowest BCUT2D eigenvalue weighted by atomic mass is 9.99. The number of amides is 1. The minimum Gasteiger partial charge on any atom is -0.467 e. The quantitative estimate of drug-likeness (QED) is 0.667. The second-order valence-electron chi connectivity index (χ2n) is 7.46. The van der Waals surface area contributed by atoms with Crippen molar-refractivity contribution >= 4 is 21.9 Å². The van der Waals surface area contributed by atoms with Crippen LogP contribution in [0.25, 0.3) is 0 Å². The van der Waals surface area contributed by atoms with Crippen LogP contribution in [0, 0.1) is 5.92 Å². The molecule has 0 spiro atoms. The van der Waals surface area contributed by atoms with E-state index in [2.05, 4.69) is 5.32 Å². The number of nitrogens with zero attached hydrogens (tertiary/aromatic N) is 1. The van der Waals surface area contributed by atoms with Crippen LogP contribution < -0.4 is 5.32 Å². The fourth-order valence-electron chi connectivity index (χ4n) is 3.28. The van der Waals surface area contributed by atoms with E-state index in [-0.39, 0.29) is 41.7 Å². The summed E-state index contributed by atoms with van der Waals surface area (Å²) >= 11 is 0. The number of sulfonamides is 1. The van der Waals surface area contributed by atoms with Crippen LogP contribution >= 0.6 is 0 Å². The van der Waals surface area contributed by atoms with Gasteiger partial charge in [0.2, 0.25) is 10.0 Å². The summed E-state index contributed by atoms with van der Waals surface area (Å²) in [6, 6.07) is 4.94. The molecule has 2 rings (SSSR count). The molecule has 0 saturated carbocycles. The summed E-state index contributed by atoms with van der Waals surface area (Å²) in [6.07, 6.45) is 0.317. The molecule has 1 heterocycles. The number of nitrogens with one attached hydrogen (secondary N) is 1. The van der Waals surface area contributed by atoms with E-state index < -0.39 is 27.9 Å². The minimum absolute atomic E-state index is 0.101. The Hall–Kier alpha value is -1.97. The monoisotopic (exact) mass is 426 g/mol. The van der Waals surface area contributed by atoms with Gasteiger partial charge in [0, 0.05) is 18.7 Å². The predicted octanol–water partition coefficient (Wildman–Crippen LogP) is 1.80. The highest BCUT2D eigenvalue weighted by atomic mass is 32.2. The lowest BCUT2D eigenvalue weighted by Crippen LogP contribution is -2.48. The molecule has 1 aromatic rings. The number of benzene rings is 1. The van der Waals surface area contributed by atoms with Crippen LogP contribution in [0.2, 0.25) is 0 Å². The SMILES string of the molecule is CCC(C)C(NC(=O)c1ccc(S(=O)(=O)N2CC(C)OC(C)C2)cc1)C(=O)OC. The summed E-state index contributed by atoms with van der Waals surface area (Å²) in [5, 5.41) is 2.68. The van der Waals surface area contributed by atoms with Crippen molar-refractivity contribution in [2.24, 2.45) is 5.92 Å². The molecule has 0 bridgehead atoms. The van der Waals surface area contributed by atoms with E-state index in [1.165, 1.54) is 35.7 Å². The molecule has 1 N–H and O–H groups in total. The zero-order valence-electron chi connectivity index (χ0n) is 17.5. The van der Waals surface area contributed by atoms with Gasteiger partial charge in [0.05, 0.1) is 24.2 Å². The molecule has 4 unspecified atom stereocenters. The van der Waals surface area contributed by atoms with Gasteiger partial charge >= 0.3 is 5.97 Å². The van der Waals surface area contributed by atoms with Crippen molar-refractivity contribution in [3.8, 4) is 0 Å². The molecule has 1 aliphatic heterocycles. The van der Waals surface area contributed by atoms with Gasteiger partial charge in [0.25, 0.3) is 5.91 Å². The fraction of sp³-hybridized carbons (Fsp3) is 0.600. The lowest BCUT2D eigenvalue weighted by molar-refractivity contribution is -0.144.